The molecule has 0 saturated carbocycles. The van der Waals surface area contributed by atoms with Gasteiger partial charge in [0.05, 0.1) is 16.8 Å². The van der Waals surface area contributed by atoms with Gasteiger partial charge in [-0.15, -0.1) is 0 Å². The van der Waals surface area contributed by atoms with E-state index in [1.807, 2.05) is 19.1 Å². The highest BCUT2D eigenvalue weighted by molar-refractivity contribution is 9.11. The summed E-state index contributed by atoms with van der Waals surface area (Å²) in [7, 11) is 0. The summed E-state index contributed by atoms with van der Waals surface area (Å²) in [6.07, 6.45) is 1.16. The maximum atomic E-state index is 11.7. The second-order valence-electron chi connectivity index (χ2n) is 4.55. The molecule has 10 heteroatoms. The van der Waals surface area contributed by atoms with Crippen LogP contribution in [0.2, 0.25) is 0 Å². The fourth-order valence-electron chi connectivity index (χ4n) is 1.72. The van der Waals surface area contributed by atoms with Gasteiger partial charge in [0.15, 0.2) is 12.4 Å². The first kappa shape index (κ1) is 18.1. The average molecular weight is 461 g/mol. The molecular weight excluding hydrogens is 450 g/mol. The molecule has 0 atom stereocenters. The molecule has 0 saturated heterocycles. The summed E-state index contributed by atoms with van der Waals surface area (Å²) in [5.74, 6) is -0.184. The quantitative estimate of drug-likeness (QED) is 0.403. The highest BCUT2D eigenvalue weighted by Crippen LogP contribution is 2.32. The Kier molecular flexibility index (Phi) is 6.10. The zero-order chi connectivity index (χ0) is 17.7. The van der Waals surface area contributed by atoms with Crippen molar-refractivity contribution in [2.45, 2.75) is 6.92 Å². The summed E-state index contributed by atoms with van der Waals surface area (Å²) < 4.78 is 11.9. The van der Waals surface area contributed by atoms with Crippen molar-refractivity contribution in [3.63, 3.8) is 0 Å². The van der Waals surface area contributed by atoms with Crippen LogP contribution in [0.5, 0.6) is 5.75 Å². The number of amides is 1. The van der Waals surface area contributed by atoms with Gasteiger partial charge in [0.1, 0.15) is 10.7 Å². The third kappa shape index (κ3) is 4.90. The molecule has 1 heterocycles. The highest BCUT2D eigenvalue weighted by atomic mass is 79.9. The Bertz CT molecular complexity index is 780. The van der Waals surface area contributed by atoms with Crippen molar-refractivity contribution in [1.82, 2.24) is 5.43 Å². The van der Waals surface area contributed by atoms with E-state index in [0.717, 1.165) is 16.3 Å². The SMILES string of the molecule is Cc1cc(Br)cc(Br)c1OCC(=O)NN=Cc1ccc([N+](=O)[O-])o1. The predicted molar refractivity (Wildman–Crippen MR) is 93.2 cm³/mol. The van der Waals surface area contributed by atoms with Crippen LogP contribution in [-0.4, -0.2) is 23.7 Å². The van der Waals surface area contributed by atoms with Gasteiger partial charge in [-0.25, -0.2) is 5.43 Å². The molecule has 0 spiro atoms. The molecule has 0 aliphatic rings. The molecule has 2 rings (SSSR count). The normalized spacial score (nSPS) is 10.8. The molecule has 1 aromatic heterocycles. The van der Waals surface area contributed by atoms with Crippen molar-refractivity contribution in [3.05, 3.63) is 54.6 Å². The van der Waals surface area contributed by atoms with E-state index in [1.54, 1.807) is 0 Å². The van der Waals surface area contributed by atoms with E-state index in [1.165, 1.54) is 12.1 Å². The number of rotatable bonds is 6. The average Bonchev–Trinajstić information content (AvgIpc) is 2.95. The third-order valence-corrected chi connectivity index (χ3v) is 3.76. The maximum Gasteiger partial charge on any atom is 0.433 e. The topological polar surface area (TPSA) is 107 Å². The fraction of sp³-hybridized carbons (Fsp3) is 0.143. The lowest BCUT2D eigenvalue weighted by Crippen LogP contribution is -2.24. The van der Waals surface area contributed by atoms with Crippen LogP contribution in [0.15, 0.2) is 42.7 Å². The van der Waals surface area contributed by atoms with Crippen LogP contribution in [0.4, 0.5) is 5.88 Å². The van der Waals surface area contributed by atoms with E-state index in [4.69, 9.17) is 9.15 Å². The van der Waals surface area contributed by atoms with E-state index < -0.39 is 16.7 Å². The molecule has 0 radical (unpaired) electrons. The smallest absolute Gasteiger partial charge is 0.433 e. The Balaban J connectivity index is 1.87. The number of nitro groups is 1. The second kappa shape index (κ2) is 8.06. The summed E-state index contributed by atoms with van der Waals surface area (Å²) >= 11 is 6.72. The summed E-state index contributed by atoms with van der Waals surface area (Å²) in [5, 5.41) is 14.1. The van der Waals surface area contributed by atoms with Crippen molar-refractivity contribution >= 4 is 49.9 Å². The number of carbonyl (C=O) groups is 1. The predicted octanol–water partition coefficient (Wildman–Crippen LogP) is 3.55. The maximum absolute atomic E-state index is 11.7. The summed E-state index contributed by atoms with van der Waals surface area (Å²) in [5.41, 5.74) is 3.10. The van der Waals surface area contributed by atoms with Crippen LogP contribution in [-0.2, 0) is 4.79 Å². The monoisotopic (exact) mass is 459 g/mol. The third-order valence-electron chi connectivity index (χ3n) is 2.72. The van der Waals surface area contributed by atoms with Crippen molar-refractivity contribution < 1.29 is 18.9 Å². The van der Waals surface area contributed by atoms with Gasteiger partial charge < -0.3 is 9.15 Å². The Hall–Kier alpha value is -2.20. The summed E-state index contributed by atoms with van der Waals surface area (Å²) in [6.45, 7) is 1.61. The summed E-state index contributed by atoms with van der Waals surface area (Å²) in [6, 6.07) is 6.23. The summed E-state index contributed by atoms with van der Waals surface area (Å²) in [4.78, 5) is 21.5. The fourth-order valence-corrected chi connectivity index (χ4v) is 3.27. The van der Waals surface area contributed by atoms with Gasteiger partial charge in [-0.1, -0.05) is 15.9 Å². The molecule has 0 aliphatic carbocycles. The zero-order valence-corrected chi connectivity index (χ0v) is 15.5. The van der Waals surface area contributed by atoms with Crippen molar-refractivity contribution in [2.75, 3.05) is 6.61 Å². The number of nitrogens with one attached hydrogen (secondary N) is 1. The number of ether oxygens (including phenoxy) is 1. The second-order valence-corrected chi connectivity index (χ2v) is 6.32. The van der Waals surface area contributed by atoms with E-state index in [9.17, 15) is 14.9 Å². The molecule has 24 heavy (non-hydrogen) atoms. The Morgan fingerprint density at radius 2 is 2.21 bits per heavy atom. The van der Waals surface area contributed by atoms with Gasteiger partial charge in [-0.05, 0) is 46.6 Å². The minimum atomic E-state index is -0.665. The van der Waals surface area contributed by atoms with Gasteiger partial charge in [0.2, 0.25) is 0 Å². The Morgan fingerprint density at radius 3 is 2.83 bits per heavy atom. The number of hydrogen-bond acceptors (Lipinski definition) is 6. The molecule has 126 valence electrons. The standard InChI is InChI=1S/C14H11Br2N3O5/c1-8-4-9(15)5-11(16)14(8)23-7-12(20)18-17-6-10-2-3-13(24-10)19(21)22/h2-6H,7H2,1H3,(H,18,20). The molecule has 0 bridgehead atoms. The first-order valence-electron chi connectivity index (χ1n) is 6.51. The van der Waals surface area contributed by atoms with Crippen molar-refractivity contribution in [2.24, 2.45) is 5.10 Å². The molecule has 0 aliphatic heterocycles. The number of nitrogens with zero attached hydrogens (tertiary/aromatic N) is 2. The number of halogens is 2. The van der Waals surface area contributed by atoms with Gasteiger partial charge in [-0.3, -0.25) is 14.9 Å². The van der Waals surface area contributed by atoms with Gasteiger partial charge in [-0.2, -0.15) is 5.10 Å². The van der Waals surface area contributed by atoms with Crippen LogP contribution in [0.25, 0.3) is 0 Å². The van der Waals surface area contributed by atoms with Crippen molar-refractivity contribution in [1.29, 1.82) is 0 Å². The number of carbonyl (C=O) groups excluding carboxylic acids is 1. The molecule has 0 fully saturated rings. The van der Waals surface area contributed by atoms with Crippen LogP contribution in [0, 0.1) is 17.0 Å². The molecule has 1 N–H and O–H groups in total. The zero-order valence-electron chi connectivity index (χ0n) is 12.3. The Morgan fingerprint density at radius 1 is 1.46 bits per heavy atom. The van der Waals surface area contributed by atoms with Crippen LogP contribution in [0.3, 0.4) is 0 Å². The van der Waals surface area contributed by atoms with Crippen LogP contribution >= 0.6 is 31.9 Å². The number of aryl methyl sites for hydroxylation is 1. The van der Waals surface area contributed by atoms with E-state index in [-0.39, 0.29) is 12.4 Å². The minimum Gasteiger partial charge on any atom is -0.482 e. The largest absolute Gasteiger partial charge is 0.482 e. The first-order valence-corrected chi connectivity index (χ1v) is 8.10. The van der Waals surface area contributed by atoms with Gasteiger partial charge >= 0.3 is 5.88 Å². The Labute approximate surface area is 153 Å². The van der Waals surface area contributed by atoms with Crippen LogP contribution < -0.4 is 10.2 Å². The highest BCUT2D eigenvalue weighted by Gasteiger charge is 2.11. The molecule has 1 aromatic carbocycles. The minimum absolute atomic E-state index is 0.148. The lowest BCUT2D eigenvalue weighted by Gasteiger charge is -2.10. The van der Waals surface area contributed by atoms with Crippen LogP contribution in [0.1, 0.15) is 11.3 Å². The number of hydrogen-bond donors (Lipinski definition) is 1. The van der Waals surface area contributed by atoms with Crippen molar-refractivity contribution in [3.8, 4) is 5.75 Å². The van der Waals surface area contributed by atoms with E-state index >= 15 is 0 Å². The number of furan rings is 1. The lowest BCUT2D eigenvalue weighted by atomic mass is 10.2. The lowest BCUT2D eigenvalue weighted by molar-refractivity contribution is -0.402. The van der Waals surface area contributed by atoms with Gasteiger partial charge in [0.25, 0.3) is 5.91 Å². The first-order chi connectivity index (χ1) is 11.4. The molecule has 2 aromatic rings. The number of benzene rings is 1. The molecule has 8 nitrogen and oxygen atoms in total. The van der Waals surface area contributed by atoms with E-state index in [2.05, 4.69) is 42.4 Å². The van der Waals surface area contributed by atoms with E-state index in [0.29, 0.717) is 10.2 Å². The molecular formula is C14H11Br2N3O5. The molecule has 0 unspecified atom stereocenters. The number of hydrazone groups is 1. The molecule has 1 amide bonds. The van der Waals surface area contributed by atoms with Gasteiger partial charge in [0, 0.05) is 4.47 Å².